The van der Waals surface area contributed by atoms with Gasteiger partial charge in [0.05, 0.1) is 11.4 Å². The van der Waals surface area contributed by atoms with E-state index in [9.17, 15) is 13.2 Å². The number of nitrogens with one attached hydrogen (secondary N) is 1. The van der Waals surface area contributed by atoms with Crippen molar-refractivity contribution in [2.75, 3.05) is 11.9 Å². The van der Waals surface area contributed by atoms with E-state index in [0.29, 0.717) is 26.9 Å². The molecule has 0 unspecified atom stereocenters. The van der Waals surface area contributed by atoms with Crippen LogP contribution in [-0.2, 0) is 21.4 Å². The van der Waals surface area contributed by atoms with Crippen molar-refractivity contribution in [3.63, 3.8) is 0 Å². The van der Waals surface area contributed by atoms with Crippen LogP contribution in [0.15, 0.2) is 59.5 Å². The number of rotatable bonds is 7. The van der Waals surface area contributed by atoms with Crippen LogP contribution in [-0.4, -0.2) is 25.2 Å². The number of amides is 1. The van der Waals surface area contributed by atoms with Crippen molar-refractivity contribution >= 4 is 44.8 Å². The second kappa shape index (κ2) is 10.3. The molecule has 0 radical (unpaired) electrons. The summed E-state index contributed by atoms with van der Waals surface area (Å²) >= 11 is 12.0. The number of benzene rings is 3. The molecule has 0 aliphatic rings. The number of carbonyl (C=O) groups excluding carboxylic acids is 1. The van der Waals surface area contributed by atoms with Crippen LogP contribution in [0, 0.1) is 27.7 Å². The number of halogens is 2. The molecular formula is C25H26Cl2N2O3S. The molecule has 1 amide bonds. The van der Waals surface area contributed by atoms with Crippen LogP contribution in [0.2, 0.25) is 10.0 Å². The molecule has 0 saturated carbocycles. The summed E-state index contributed by atoms with van der Waals surface area (Å²) in [7, 11) is -3.97. The lowest BCUT2D eigenvalue weighted by Crippen LogP contribution is -2.38. The summed E-state index contributed by atoms with van der Waals surface area (Å²) < 4.78 is 28.7. The summed E-state index contributed by atoms with van der Waals surface area (Å²) in [6, 6.07) is 15.7. The molecule has 0 aromatic heterocycles. The Balaban J connectivity index is 1.97. The number of anilines is 1. The Hall–Kier alpha value is -2.38. The van der Waals surface area contributed by atoms with E-state index < -0.39 is 15.9 Å². The largest absolute Gasteiger partial charge is 0.325 e. The standard InChI is InChI=1S/C25H26Cl2N2O3S/c1-16-11-18(3)25(19(4)12-16)33(31,32)29(14-20-5-7-21(26)8-6-20)15-24(30)28-23-10-9-22(27)13-17(23)2/h5-13H,14-15H2,1-4H3,(H,28,30). The van der Waals surface area contributed by atoms with Crippen LogP contribution >= 0.6 is 23.2 Å². The maximum Gasteiger partial charge on any atom is 0.244 e. The molecule has 0 aliphatic heterocycles. The lowest BCUT2D eigenvalue weighted by Gasteiger charge is -2.24. The van der Waals surface area contributed by atoms with E-state index in [1.807, 2.05) is 26.0 Å². The number of sulfonamides is 1. The number of carbonyl (C=O) groups is 1. The predicted molar refractivity (Wildman–Crippen MR) is 135 cm³/mol. The second-order valence-electron chi connectivity index (χ2n) is 8.13. The Morgan fingerprint density at radius 2 is 1.42 bits per heavy atom. The van der Waals surface area contributed by atoms with E-state index in [0.717, 1.165) is 16.7 Å². The molecule has 3 aromatic carbocycles. The van der Waals surface area contributed by atoms with Crippen molar-refractivity contribution in [3.8, 4) is 0 Å². The fourth-order valence-corrected chi connectivity index (χ4v) is 5.99. The molecule has 0 aliphatic carbocycles. The molecule has 1 N–H and O–H groups in total. The van der Waals surface area contributed by atoms with E-state index in [1.165, 1.54) is 4.31 Å². The number of nitrogens with zero attached hydrogens (tertiary/aromatic N) is 1. The second-order valence-corrected chi connectivity index (χ2v) is 10.9. The first kappa shape index (κ1) is 25.2. The molecular weight excluding hydrogens is 479 g/mol. The fraction of sp³-hybridized carbons (Fsp3) is 0.240. The molecule has 0 fully saturated rings. The summed E-state index contributed by atoms with van der Waals surface area (Å²) in [6.45, 7) is 6.96. The Kier molecular flexibility index (Phi) is 7.85. The zero-order chi connectivity index (χ0) is 24.3. The Bertz CT molecular complexity index is 1270. The minimum absolute atomic E-state index is 0.0271. The minimum Gasteiger partial charge on any atom is -0.325 e. The first-order chi connectivity index (χ1) is 15.5. The van der Waals surface area contributed by atoms with Gasteiger partial charge in [-0.05, 0) is 80.3 Å². The van der Waals surface area contributed by atoms with Crippen LogP contribution in [0.5, 0.6) is 0 Å². The molecule has 0 bridgehead atoms. The summed E-state index contributed by atoms with van der Waals surface area (Å²) in [5.41, 5.74) is 4.35. The summed E-state index contributed by atoms with van der Waals surface area (Å²) in [4.78, 5) is 13.2. The van der Waals surface area contributed by atoms with Crippen molar-refractivity contribution in [2.45, 2.75) is 39.1 Å². The maximum atomic E-state index is 13.8. The third-order valence-electron chi connectivity index (χ3n) is 5.26. The lowest BCUT2D eigenvalue weighted by molar-refractivity contribution is -0.116. The highest BCUT2D eigenvalue weighted by atomic mass is 35.5. The Morgan fingerprint density at radius 3 is 2.00 bits per heavy atom. The molecule has 0 atom stereocenters. The molecule has 33 heavy (non-hydrogen) atoms. The van der Waals surface area contributed by atoms with Gasteiger partial charge in [0.15, 0.2) is 0 Å². The van der Waals surface area contributed by atoms with Crippen LogP contribution < -0.4 is 5.32 Å². The molecule has 0 saturated heterocycles. The van der Waals surface area contributed by atoms with Gasteiger partial charge in [-0.25, -0.2) is 8.42 Å². The van der Waals surface area contributed by atoms with Gasteiger partial charge in [0.1, 0.15) is 0 Å². The van der Waals surface area contributed by atoms with Gasteiger partial charge in [-0.2, -0.15) is 4.31 Å². The number of hydrogen-bond donors (Lipinski definition) is 1. The van der Waals surface area contributed by atoms with Crippen molar-refractivity contribution in [3.05, 3.63) is 92.5 Å². The SMILES string of the molecule is Cc1cc(C)c(S(=O)(=O)N(CC(=O)Nc2ccc(Cl)cc2C)Cc2ccc(Cl)cc2)c(C)c1. The van der Waals surface area contributed by atoms with Gasteiger partial charge in [0, 0.05) is 22.3 Å². The molecule has 0 heterocycles. The van der Waals surface area contributed by atoms with Crippen LogP contribution in [0.1, 0.15) is 27.8 Å². The highest BCUT2D eigenvalue weighted by molar-refractivity contribution is 7.89. The lowest BCUT2D eigenvalue weighted by atomic mass is 10.1. The van der Waals surface area contributed by atoms with E-state index in [2.05, 4.69) is 5.32 Å². The Morgan fingerprint density at radius 1 is 0.848 bits per heavy atom. The van der Waals surface area contributed by atoms with Gasteiger partial charge in [0.2, 0.25) is 15.9 Å². The van der Waals surface area contributed by atoms with Crippen molar-refractivity contribution in [1.82, 2.24) is 4.31 Å². The quantitative estimate of drug-likeness (QED) is 0.425. The molecule has 5 nitrogen and oxygen atoms in total. The smallest absolute Gasteiger partial charge is 0.244 e. The van der Waals surface area contributed by atoms with Crippen LogP contribution in [0.3, 0.4) is 0 Å². The van der Waals surface area contributed by atoms with E-state index >= 15 is 0 Å². The highest BCUT2D eigenvalue weighted by Crippen LogP contribution is 2.27. The topological polar surface area (TPSA) is 66.5 Å². The van der Waals surface area contributed by atoms with Gasteiger partial charge in [-0.1, -0.05) is 53.0 Å². The first-order valence-corrected chi connectivity index (χ1v) is 12.6. The first-order valence-electron chi connectivity index (χ1n) is 10.4. The van der Waals surface area contributed by atoms with Gasteiger partial charge < -0.3 is 5.32 Å². The molecule has 3 rings (SSSR count). The van der Waals surface area contributed by atoms with Crippen molar-refractivity contribution < 1.29 is 13.2 Å². The Labute approximate surface area is 205 Å². The van der Waals surface area contributed by atoms with Crippen molar-refractivity contribution in [2.24, 2.45) is 0 Å². The minimum atomic E-state index is -3.97. The average molecular weight is 505 g/mol. The third kappa shape index (κ3) is 6.15. The normalized spacial score (nSPS) is 11.6. The summed E-state index contributed by atoms with van der Waals surface area (Å²) in [5.74, 6) is -0.444. The van der Waals surface area contributed by atoms with Gasteiger partial charge in [-0.15, -0.1) is 0 Å². The molecule has 0 spiro atoms. The summed E-state index contributed by atoms with van der Waals surface area (Å²) in [5, 5.41) is 3.91. The van der Waals surface area contributed by atoms with Crippen molar-refractivity contribution in [1.29, 1.82) is 0 Å². The number of aryl methyl sites for hydroxylation is 4. The van der Waals surface area contributed by atoms with Gasteiger partial charge >= 0.3 is 0 Å². The zero-order valence-corrected chi connectivity index (χ0v) is 21.3. The van der Waals surface area contributed by atoms with Gasteiger partial charge in [-0.3, -0.25) is 4.79 Å². The summed E-state index contributed by atoms with van der Waals surface area (Å²) in [6.07, 6.45) is 0. The predicted octanol–water partition coefficient (Wildman–Crippen LogP) is 6.06. The van der Waals surface area contributed by atoms with Gasteiger partial charge in [0.25, 0.3) is 0 Å². The van der Waals surface area contributed by atoms with Crippen LogP contribution in [0.4, 0.5) is 5.69 Å². The maximum absolute atomic E-state index is 13.8. The van der Waals surface area contributed by atoms with E-state index in [4.69, 9.17) is 23.2 Å². The average Bonchev–Trinajstić information content (AvgIpc) is 2.70. The number of hydrogen-bond acceptors (Lipinski definition) is 3. The molecule has 174 valence electrons. The fourth-order valence-electron chi connectivity index (χ4n) is 3.84. The molecule has 3 aromatic rings. The highest BCUT2D eigenvalue weighted by Gasteiger charge is 2.30. The zero-order valence-electron chi connectivity index (χ0n) is 18.9. The van der Waals surface area contributed by atoms with E-state index in [-0.39, 0.29) is 18.0 Å². The third-order valence-corrected chi connectivity index (χ3v) is 7.84. The van der Waals surface area contributed by atoms with Crippen LogP contribution in [0.25, 0.3) is 0 Å². The monoisotopic (exact) mass is 504 g/mol. The van der Waals surface area contributed by atoms with E-state index in [1.54, 1.807) is 56.3 Å². The molecule has 8 heteroatoms.